The fourth-order valence-electron chi connectivity index (χ4n) is 1.67. The largest absolute Gasteiger partial charge is 0.480 e. The van der Waals surface area contributed by atoms with Crippen molar-refractivity contribution in [2.24, 2.45) is 5.92 Å². The first-order chi connectivity index (χ1) is 9.29. The number of aliphatic carboxylic acids is 1. The molecule has 8 heteroatoms. The number of carboxylic acids is 1. The summed E-state index contributed by atoms with van der Waals surface area (Å²) in [6.07, 6.45) is 1.20. The summed E-state index contributed by atoms with van der Waals surface area (Å²) in [7, 11) is 0. The molecule has 0 aliphatic heterocycles. The Morgan fingerprint density at radius 1 is 1.40 bits per heavy atom. The molecule has 0 aromatic carbocycles. The van der Waals surface area contributed by atoms with Crippen molar-refractivity contribution >= 4 is 11.9 Å². The lowest BCUT2D eigenvalue weighted by atomic mass is 10.2. The van der Waals surface area contributed by atoms with Crippen molar-refractivity contribution in [3.8, 4) is 0 Å². The maximum Gasteiger partial charge on any atom is 0.328 e. The van der Waals surface area contributed by atoms with E-state index >= 15 is 0 Å². The van der Waals surface area contributed by atoms with Gasteiger partial charge in [-0.1, -0.05) is 13.8 Å². The summed E-state index contributed by atoms with van der Waals surface area (Å²) in [5.41, 5.74) is -1.26. The minimum absolute atomic E-state index is 0.102. The van der Waals surface area contributed by atoms with E-state index in [1.165, 1.54) is 11.1 Å². The van der Waals surface area contributed by atoms with Gasteiger partial charge in [0, 0.05) is 18.8 Å². The van der Waals surface area contributed by atoms with Gasteiger partial charge < -0.3 is 10.0 Å². The molecule has 0 spiro atoms. The third kappa shape index (κ3) is 4.71. The lowest BCUT2D eigenvalue weighted by molar-refractivity contribution is -0.145. The van der Waals surface area contributed by atoms with Crippen molar-refractivity contribution in [3.05, 3.63) is 33.1 Å². The Balaban J connectivity index is 2.87. The lowest BCUT2D eigenvalue weighted by Gasteiger charge is -2.22. The molecule has 0 atom stereocenters. The van der Waals surface area contributed by atoms with Crippen molar-refractivity contribution in [1.82, 2.24) is 14.5 Å². The number of amides is 1. The van der Waals surface area contributed by atoms with Crippen molar-refractivity contribution in [1.29, 1.82) is 0 Å². The Hall–Kier alpha value is -2.38. The second-order valence-corrected chi connectivity index (χ2v) is 4.80. The van der Waals surface area contributed by atoms with Crippen molar-refractivity contribution in [2.45, 2.75) is 20.4 Å². The second kappa shape index (κ2) is 6.69. The molecule has 0 aliphatic carbocycles. The van der Waals surface area contributed by atoms with Crippen molar-refractivity contribution in [2.75, 3.05) is 13.1 Å². The molecule has 0 aliphatic rings. The molecule has 110 valence electrons. The van der Waals surface area contributed by atoms with E-state index in [1.807, 2.05) is 18.8 Å². The molecule has 0 fully saturated rings. The fourth-order valence-corrected chi connectivity index (χ4v) is 1.67. The summed E-state index contributed by atoms with van der Waals surface area (Å²) in [6.45, 7) is 3.26. The van der Waals surface area contributed by atoms with Gasteiger partial charge in [-0.05, 0) is 5.92 Å². The van der Waals surface area contributed by atoms with E-state index < -0.39 is 29.7 Å². The van der Waals surface area contributed by atoms with Gasteiger partial charge in [0.05, 0.1) is 0 Å². The smallest absolute Gasteiger partial charge is 0.328 e. The Morgan fingerprint density at radius 3 is 2.55 bits per heavy atom. The first-order valence-corrected chi connectivity index (χ1v) is 6.09. The summed E-state index contributed by atoms with van der Waals surface area (Å²) in [4.78, 5) is 48.4. The van der Waals surface area contributed by atoms with Crippen molar-refractivity contribution < 1.29 is 14.7 Å². The van der Waals surface area contributed by atoms with Gasteiger partial charge >= 0.3 is 11.7 Å². The number of aromatic nitrogens is 2. The van der Waals surface area contributed by atoms with Gasteiger partial charge in [0.2, 0.25) is 5.91 Å². The van der Waals surface area contributed by atoms with Crippen LogP contribution in [0.1, 0.15) is 13.8 Å². The zero-order valence-corrected chi connectivity index (χ0v) is 11.3. The first-order valence-electron chi connectivity index (χ1n) is 6.09. The van der Waals surface area contributed by atoms with E-state index in [0.717, 1.165) is 10.6 Å². The second-order valence-electron chi connectivity index (χ2n) is 4.80. The highest BCUT2D eigenvalue weighted by molar-refractivity contribution is 5.81. The number of hydrogen-bond acceptors (Lipinski definition) is 4. The van der Waals surface area contributed by atoms with Gasteiger partial charge in [-0.3, -0.25) is 23.9 Å². The summed E-state index contributed by atoms with van der Waals surface area (Å²) in [6, 6.07) is 1.12. The van der Waals surface area contributed by atoms with E-state index in [9.17, 15) is 19.2 Å². The molecule has 20 heavy (non-hydrogen) atoms. The molecule has 1 rings (SSSR count). The molecule has 1 amide bonds. The van der Waals surface area contributed by atoms with Crippen LogP contribution in [0.2, 0.25) is 0 Å². The molecule has 2 N–H and O–H groups in total. The minimum Gasteiger partial charge on any atom is -0.480 e. The molecule has 1 heterocycles. The fraction of sp³-hybridized carbons (Fsp3) is 0.500. The van der Waals surface area contributed by atoms with Gasteiger partial charge in [-0.2, -0.15) is 0 Å². The monoisotopic (exact) mass is 283 g/mol. The van der Waals surface area contributed by atoms with Crippen LogP contribution in [0, 0.1) is 5.92 Å². The predicted molar refractivity (Wildman–Crippen MR) is 70.4 cm³/mol. The normalized spacial score (nSPS) is 10.6. The average molecular weight is 283 g/mol. The van der Waals surface area contributed by atoms with Gasteiger partial charge in [0.25, 0.3) is 5.56 Å². The Labute approximate surface area is 114 Å². The van der Waals surface area contributed by atoms with E-state index in [0.29, 0.717) is 0 Å². The SMILES string of the molecule is CC(C)CN(CC(=O)O)C(=O)Cn1ccc(=O)[nH]c1=O. The van der Waals surface area contributed by atoms with Gasteiger partial charge in [0.1, 0.15) is 13.1 Å². The van der Waals surface area contributed by atoms with Crippen LogP contribution >= 0.6 is 0 Å². The number of carbonyl (C=O) groups is 2. The first kappa shape index (κ1) is 15.7. The number of nitrogens with one attached hydrogen (secondary N) is 1. The Bertz CT molecular complexity index is 602. The number of carbonyl (C=O) groups excluding carboxylic acids is 1. The van der Waals surface area contributed by atoms with Crippen LogP contribution in [0.25, 0.3) is 0 Å². The van der Waals surface area contributed by atoms with Crippen LogP contribution in [-0.4, -0.2) is 44.5 Å². The van der Waals surface area contributed by atoms with E-state index in [-0.39, 0.29) is 19.0 Å². The molecule has 8 nitrogen and oxygen atoms in total. The van der Waals surface area contributed by atoms with Crippen molar-refractivity contribution in [3.63, 3.8) is 0 Å². The average Bonchev–Trinajstić information content (AvgIpc) is 2.30. The molecule has 0 radical (unpaired) electrons. The van der Waals surface area contributed by atoms with E-state index in [1.54, 1.807) is 0 Å². The molecule has 1 aromatic heterocycles. The summed E-state index contributed by atoms with van der Waals surface area (Å²) >= 11 is 0. The molecule has 1 aromatic rings. The van der Waals surface area contributed by atoms with Gasteiger partial charge in [-0.25, -0.2) is 4.79 Å². The molecular formula is C12H17N3O5. The molecule has 0 saturated heterocycles. The summed E-state index contributed by atoms with van der Waals surface area (Å²) in [5.74, 6) is -1.51. The van der Waals surface area contributed by atoms with Crippen LogP contribution in [0.5, 0.6) is 0 Å². The van der Waals surface area contributed by atoms with Crippen LogP contribution in [0.4, 0.5) is 0 Å². The number of H-pyrrole nitrogens is 1. The number of nitrogens with zero attached hydrogens (tertiary/aromatic N) is 2. The predicted octanol–water partition coefficient (Wildman–Crippen LogP) is -0.894. The van der Waals surface area contributed by atoms with Crippen LogP contribution in [0.15, 0.2) is 21.9 Å². The topological polar surface area (TPSA) is 112 Å². The number of hydrogen-bond donors (Lipinski definition) is 2. The molecule has 0 bridgehead atoms. The van der Waals surface area contributed by atoms with E-state index in [2.05, 4.69) is 0 Å². The Morgan fingerprint density at radius 2 is 2.05 bits per heavy atom. The highest BCUT2D eigenvalue weighted by atomic mass is 16.4. The highest BCUT2D eigenvalue weighted by Gasteiger charge is 2.18. The maximum atomic E-state index is 12.0. The molecule has 0 unspecified atom stereocenters. The zero-order chi connectivity index (χ0) is 15.3. The Kier molecular flexibility index (Phi) is 5.24. The zero-order valence-electron chi connectivity index (χ0n) is 11.3. The number of rotatable bonds is 6. The van der Waals surface area contributed by atoms with Crippen LogP contribution < -0.4 is 11.2 Å². The quantitative estimate of drug-likeness (QED) is 0.703. The van der Waals surface area contributed by atoms with Gasteiger partial charge in [0.15, 0.2) is 0 Å². The summed E-state index contributed by atoms with van der Waals surface area (Å²) in [5, 5.41) is 8.79. The minimum atomic E-state index is -1.12. The maximum absolute atomic E-state index is 12.0. The third-order valence-corrected chi connectivity index (χ3v) is 2.47. The van der Waals surface area contributed by atoms with Crippen LogP contribution in [-0.2, 0) is 16.1 Å². The third-order valence-electron chi connectivity index (χ3n) is 2.47. The highest BCUT2D eigenvalue weighted by Crippen LogP contribution is 2.00. The van der Waals surface area contributed by atoms with Gasteiger partial charge in [-0.15, -0.1) is 0 Å². The summed E-state index contributed by atoms with van der Waals surface area (Å²) < 4.78 is 1.03. The lowest BCUT2D eigenvalue weighted by Crippen LogP contribution is -2.42. The van der Waals surface area contributed by atoms with Crippen LogP contribution in [0.3, 0.4) is 0 Å². The number of carboxylic acid groups (broad SMARTS) is 1. The standard InChI is InChI=1S/C12H17N3O5/c1-8(2)5-15(7-11(18)19)10(17)6-14-4-3-9(16)13-12(14)20/h3-4,8H,5-7H2,1-2H3,(H,18,19)(H,13,16,20). The van der Waals surface area contributed by atoms with E-state index in [4.69, 9.17) is 5.11 Å². The molecule has 0 saturated carbocycles. The molecular weight excluding hydrogens is 266 g/mol. The number of aromatic amines is 1.